The van der Waals surface area contributed by atoms with E-state index in [1.54, 1.807) is 32.2 Å². The van der Waals surface area contributed by atoms with Gasteiger partial charge in [-0.2, -0.15) is 0 Å². The van der Waals surface area contributed by atoms with Crippen molar-refractivity contribution in [3.8, 4) is 5.75 Å². The average Bonchev–Trinajstić information content (AvgIpc) is 2.46. The second-order valence-corrected chi connectivity index (χ2v) is 5.53. The molecular formula is C17H25NO4. The molecule has 0 saturated carbocycles. The summed E-state index contributed by atoms with van der Waals surface area (Å²) in [5, 5.41) is 0. The van der Waals surface area contributed by atoms with Gasteiger partial charge in [0.1, 0.15) is 12.3 Å². The summed E-state index contributed by atoms with van der Waals surface area (Å²) >= 11 is 0. The van der Waals surface area contributed by atoms with Crippen molar-refractivity contribution in [2.24, 2.45) is 5.92 Å². The molecule has 5 heteroatoms. The highest BCUT2D eigenvalue weighted by Gasteiger charge is 2.16. The number of nitrogens with zero attached hydrogens (tertiary/aromatic N) is 1. The highest BCUT2D eigenvalue weighted by molar-refractivity contribution is 5.96. The van der Waals surface area contributed by atoms with Gasteiger partial charge >= 0.3 is 5.97 Å². The summed E-state index contributed by atoms with van der Waals surface area (Å²) < 4.78 is 10.5. The number of carbonyl (C=O) groups is 2. The third kappa shape index (κ3) is 6.16. The molecule has 0 aliphatic rings. The van der Waals surface area contributed by atoms with Crippen molar-refractivity contribution < 1.29 is 19.1 Å². The van der Waals surface area contributed by atoms with Crippen LogP contribution in [0.1, 0.15) is 37.6 Å². The van der Waals surface area contributed by atoms with Gasteiger partial charge in [-0.1, -0.05) is 19.9 Å². The van der Waals surface area contributed by atoms with Crippen molar-refractivity contribution in [3.63, 3.8) is 0 Å². The van der Waals surface area contributed by atoms with Gasteiger partial charge in [0.05, 0.1) is 13.2 Å². The first-order valence-corrected chi connectivity index (χ1v) is 7.58. The third-order valence-electron chi connectivity index (χ3n) is 3.06. The molecule has 0 fully saturated rings. The summed E-state index contributed by atoms with van der Waals surface area (Å²) in [5.41, 5.74) is 0.494. The van der Waals surface area contributed by atoms with Crippen molar-refractivity contribution >= 4 is 11.9 Å². The van der Waals surface area contributed by atoms with Gasteiger partial charge in [-0.05, 0) is 37.5 Å². The molecule has 0 N–H and O–H groups in total. The van der Waals surface area contributed by atoms with Crippen LogP contribution in [0.5, 0.6) is 5.75 Å². The van der Waals surface area contributed by atoms with Crippen LogP contribution in [0.3, 0.4) is 0 Å². The Bertz CT molecular complexity index is 499. The molecule has 0 heterocycles. The van der Waals surface area contributed by atoms with E-state index in [2.05, 4.69) is 13.8 Å². The van der Waals surface area contributed by atoms with E-state index in [1.165, 1.54) is 4.90 Å². The van der Waals surface area contributed by atoms with Gasteiger partial charge in [-0.15, -0.1) is 0 Å². The quantitative estimate of drug-likeness (QED) is 0.693. The number of amides is 1. The lowest BCUT2D eigenvalue weighted by atomic mass is 10.1. The number of hydrogen-bond donors (Lipinski definition) is 0. The minimum Gasteiger partial charge on any atom is -0.494 e. The molecule has 1 amide bonds. The molecule has 0 aliphatic heterocycles. The van der Waals surface area contributed by atoms with E-state index in [9.17, 15) is 9.59 Å². The van der Waals surface area contributed by atoms with Crippen molar-refractivity contribution in [2.75, 3.05) is 26.8 Å². The maximum atomic E-state index is 12.3. The zero-order valence-electron chi connectivity index (χ0n) is 13.8. The maximum Gasteiger partial charge on any atom is 0.325 e. The molecule has 0 spiro atoms. The summed E-state index contributed by atoms with van der Waals surface area (Å²) in [6.07, 6.45) is 0.959. The van der Waals surface area contributed by atoms with E-state index in [-0.39, 0.29) is 12.5 Å². The molecule has 0 saturated heterocycles. The van der Waals surface area contributed by atoms with E-state index in [4.69, 9.17) is 9.47 Å². The topological polar surface area (TPSA) is 55.8 Å². The smallest absolute Gasteiger partial charge is 0.325 e. The number of hydrogen-bond acceptors (Lipinski definition) is 4. The molecule has 1 aromatic rings. The SMILES string of the molecule is CCOC(=O)CN(C)C(=O)c1cccc(OCCC(C)C)c1. The van der Waals surface area contributed by atoms with E-state index in [0.717, 1.165) is 6.42 Å². The fourth-order valence-corrected chi connectivity index (χ4v) is 1.82. The largest absolute Gasteiger partial charge is 0.494 e. The van der Waals surface area contributed by atoms with Gasteiger partial charge in [0, 0.05) is 12.6 Å². The summed E-state index contributed by atoms with van der Waals surface area (Å²) in [5.74, 6) is 0.585. The predicted octanol–water partition coefficient (Wildman–Crippen LogP) is 2.75. The highest BCUT2D eigenvalue weighted by Crippen LogP contribution is 2.15. The summed E-state index contributed by atoms with van der Waals surface area (Å²) in [6.45, 7) is 6.86. The number of rotatable bonds is 8. The average molecular weight is 307 g/mol. The van der Waals surface area contributed by atoms with Gasteiger partial charge in [-0.3, -0.25) is 9.59 Å². The first-order valence-electron chi connectivity index (χ1n) is 7.58. The van der Waals surface area contributed by atoms with Crippen LogP contribution in [0, 0.1) is 5.92 Å². The van der Waals surface area contributed by atoms with Crippen LogP contribution >= 0.6 is 0 Å². The number of ether oxygens (including phenoxy) is 2. The Morgan fingerprint density at radius 3 is 2.64 bits per heavy atom. The standard InChI is InChI=1S/C17H25NO4/c1-5-21-16(19)12-18(4)17(20)14-7-6-8-15(11-14)22-10-9-13(2)3/h6-8,11,13H,5,9-10,12H2,1-4H3. The molecule has 0 aromatic heterocycles. The number of benzene rings is 1. The maximum absolute atomic E-state index is 12.3. The Balaban J connectivity index is 2.63. The Labute approximate surface area is 132 Å². The zero-order valence-corrected chi connectivity index (χ0v) is 13.8. The molecule has 1 rings (SSSR count). The van der Waals surface area contributed by atoms with E-state index >= 15 is 0 Å². The summed E-state index contributed by atoms with van der Waals surface area (Å²) in [7, 11) is 1.57. The fraction of sp³-hybridized carbons (Fsp3) is 0.529. The van der Waals surface area contributed by atoms with Gasteiger partial charge in [0.15, 0.2) is 0 Å². The van der Waals surface area contributed by atoms with Crippen LogP contribution in [0.15, 0.2) is 24.3 Å². The van der Waals surface area contributed by atoms with Crippen LogP contribution in [0.4, 0.5) is 0 Å². The van der Waals surface area contributed by atoms with Gasteiger partial charge < -0.3 is 14.4 Å². The lowest BCUT2D eigenvalue weighted by Gasteiger charge is -2.16. The van der Waals surface area contributed by atoms with Crippen LogP contribution in [0.2, 0.25) is 0 Å². The molecule has 0 bridgehead atoms. The highest BCUT2D eigenvalue weighted by atomic mass is 16.5. The Hall–Kier alpha value is -2.04. The normalized spacial score (nSPS) is 10.4. The Kier molecular flexibility index (Phi) is 7.43. The minimum atomic E-state index is -0.414. The summed E-state index contributed by atoms with van der Waals surface area (Å²) in [4.78, 5) is 25.0. The van der Waals surface area contributed by atoms with Gasteiger partial charge in [-0.25, -0.2) is 0 Å². The molecule has 0 radical (unpaired) electrons. The molecule has 1 aromatic carbocycles. The van der Waals surface area contributed by atoms with Crippen molar-refractivity contribution in [3.05, 3.63) is 29.8 Å². The van der Waals surface area contributed by atoms with E-state index < -0.39 is 5.97 Å². The van der Waals surface area contributed by atoms with Crippen LogP contribution in [0.25, 0.3) is 0 Å². The van der Waals surface area contributed by atoms with Crippen molar-refractivity contribution in [1.29, 1.82) is 0 Å². The molecular weight excluding hydrogens is 282 g/mol. The monoisotopic (exact) mass is 307 g/mol. The lowest BCUT2D eigenvalue weighted by Crippen LogP contribution is -2.33. The molecule has 122 valence electrons. The fourth-order valence-electron chi connectivity index (χ4n) is 1.82. The predicted molar refractivity (Wildman–Crippen MR) is 85.0 cm³/mol. The number of carbonyl (C=O) groups excluding carboxylic acids is 2. The third-order valence-corrected chi connectivity index (χ3v) is 3.06. The van der Waals surface area contributed by atoms with Gasteiger partial charge in [0.25, 0.3) is 5.91 Å². The number of likely N-dealkylation sites (N-methyl/N-ethyl adjacent to an activating group) is 1. The zero-order chi connectivity index (χ0) is 16.5. The van der Waals surface area contributed by atoms with Gasteiger partial charge in [0.2, 0.25) is 0 Å². The second-order valence-electron chi connectivity index (χ2n) is 5.53. The van der Waals surface area contributed by atoms with Crippen molar-refractivity contribution in [1.82, 2.24) is 4.90 Å². The van der Waals surface area contributed by atoms with Crippen LogP contribution in [-0.2, 0) is 9.53 Å². The molecule has 0 aliphatic carbocycles. The molecule has 0 unspecified atom stereocenters. The summed E-state index contributed by atoms with van der Waals surface area (Å²) in [6, 6.07) is 7.00. The van der Waals surface area contributed by atoms with Crippen molar-refractivity contribution in [2.45, 2.75) is 27.2 Å². The first kappa shape index (κ1) is 18.0. The van der Waals surface area contributed by atoms with Crippen LogP contribution in [-0.4, -0.2) is 43.6 Å². The minimum absolute atomic E-state index is 0.0644. The van der Waals surface area contributed by atoms with E-state index in [0.29, 0.717) is 30.4 Å². The molecule has 22 heavy (non-hydrogen) atoms. The second kappa shape index (κ2) is 9.07. The lowest BCUT2D eigenvalue weighted by molar-refractivity contribution is -0.143. The Morgan fingerprint density at radius 1 is 1.27 bits per heavy atom. The molecule has 0 atom stereocenters. The van der Waals surface area contributed by atoms with E-state index in [1.807, 2.05) is 6.07 Å². The number of esters is 1. The molecule has 5 nitrogen and oxygen atoms in total. The van der Waals surface area contributed by atoms with Crippen LogP contribution < -0.4 is 4.74 Å². The Morgan fingerprint density at radius 2 is 2.00 bits per heavy atom. The first-order chi connectivity index (χ1) is 10.4.